The van der Waals surface area contributed by atoms with Crippen LogP contribution < -0.4 is 10.1 Å². The van der Waals surface area contributed by atoms with E-state index < -0.39 is 5.72 Å². The van der Waals surface area contributed by atoms with Crippen molar-refractivity contribution in [2.24, 2.45) is 5.92 Å². The third kappa shape index (κ3) is 2.93. The van der Waals surface area contributed by atoms with E-state index in [0.29, 0.717) is 5.92 Å². The maximum absolute atomic E-state index is 6.58. The Morgan fingerprint density at radius 1 is 1.16 bits per heavy atom. The Labute approximate surface area is 149 Å². The number of para-hydroxylation sites is 2. The number of rotatable bonds is 4. The highest BCUT2D eigenvalue weighted by molar-refractivity contribution is 5.68. The molecule has 3 heteroatoms. The number of hydrogen-bond acceptors (Lipinski definition) is 3. The van der Waals surface area contributed by atoms with Crippen LogP contribution in [0.1, 0.15) is 43.1 Å². The summed E-state index contributed by atoms with van der Waals surface area (Å²) >= 11 is 0. The summed E-state index contributed by atoms with van der Waals surface area (Å²) in [6, 6.07) is 14.7. The Balaban J connectivity index is 1.69. The van der Waals surface area contributed by atoms with E-state index in [4.69, 9.17) is 9.47 Å². The maximum atomic E-state index is 6.58. The molecular formula is C22H25NO2. The molecule has 2 heterocycles. The average Bonchev–Trinajstić information content (AvgIpc) is 2.96. The molecule has 0 saturated heterocycles. The van der Waals surface area contributed by atoms with Crippen molar-refractivity contribution in [1.82, 2.24) is 0 Å². The molecule has 2 aliphatic rings. The monoisotopic (exact) mass is 335 g/mol. The van der Waals surface area contributed by atoms with Gasteiger partial charge >= 0.3 is 0 Å². The molecule has 0 aliphatic carbocycles. The lowest BCUT2D eigenvalue weighted by atomic mass is 9.94. The van der Waals surface area contributed by atoms with E-state index in [1.54, 1.807) is 7.11 Å². The maximum Gasteiger partial charge on any atom is 0.204 e. The van der Waals surface area contributed by atoms with E-state index in [1.165, 1.54) is 5.56 Å². The summed E-state index contributed by atoms with van der Waals surface area (Å²) in [7, 11) is 1.78. The fourth-order valence-corrected chi connectivity index (χ4v) is 3.81. The predicted molar refractivity (Wildman–Crippen MR) is 102 cm³/mol. The predicted octanol–water partition coefficient (Wildman–Crippen LogP) is 5.19. The summed E-state index contributed by atoms with van der Waals surface area (Å²) < 4.78 is 12.4. The van der Waals surface area contributed by atoms with Gasteiger partial charge in [-0.05, 0) is 36.1 Å². The van der Waals surface area contributed by atoms with Crippen LogP contribution >= 0.6 is 0 Å². The summed E-state index contributed by atoms with van der Waals surface area (Å²) in [4.78, 5) is 0. The van der Waals surface area contributed by atoms with Gasteiger partial charge in [-0.3, -0.25) is 0 Å². The van der Waals surface area contributed by atoms with Gasteiger partial charge in [-0.15, -0.1) is 0 Å². The second-order valence-electron chi connectivity index (χ2n) is 7.40. The summed E-state index contributed by atoms with van der Waals surface area (Å²) in [5.41, 5.74) is 4.20. The molecular weight excluding hydrogens is 310 g/mol. The second-order valence-corrected chi connectivity index (χ2v) is 7.40. The lowest BCUT2D eigenvalue weighted by Crippen LogP contribution is -2.42. The van der Waals surface area contributed by atoms with Gasteiger partial charge in [0.15, 0.2) is 0 Å². The molecule has 4 rings (SSSR count). The van der Waals surface area contributed by atoms with Gasteiger partial charge in [0, 0.05) is 30.3 Å². The summed E-state index contributed by atoms with van der Waals surface area (Å²) in [5, 5.41) is 3.57. The van der Waals surface area contributed by atoms with Gasteiger partial charge in [0.2, 0.25) is 5.72 Å². The lowest BCUT2D eigenvalue weighted by molar-refractivity contribution is 0.0763. The molecule has 1 N–H and O–H groups in total. The number of benzene rings is 2. The van der Waals surface area contributed by atoms with Crippen LogP contribution in [0, 0.1) is 5.92 Å². The zero-order valence-electron chi connectivity index (χ0n) is 15.1. The molecule has 2 aliphatic heterocycles. The van der Waals surface area contributed by atoms with Crippen LogP contribution in [-0.4, -0.2) is 12.8 Å². The Morgan fingerprint density at radius 3 is 2.76 bits per heavy atom. The number of ether oxygens (including phenoxy) is 2. The van der Waals surface area contributed by atoms with Crippen molar-refractivity contribution < 1.29 is 9.47 Å². The fourth-order valence-electron chi connectivity index (χ4n) is 3.81. The minimum absolute atomic E-state index is 0.0438. The third-order valence-corrected chi connectivity index (χ3v) is 5.03. The van der Waals surface area contributed by atoms with Crippen LogP contribution in [0.15, 0.2) is 48.5 Å². The molecule has 3 nitrogen and oxygen atoms in total. The van der Waals surface area contributed by atoms with Crippen LogP contribution in [0.2, 0.25) is 0 Å². The highest BCUT2D eigenvalue weighted by Gasteiger charge is 2.40. The van der Waals surface area contributed by atoms with Crippen molar-refractivity contribution in [3.05, 3.63) is 65.2 Å². The quantitative estimate of drug-likeness (QED) is 0.834. The van der Waals surface area contributed by atoms with Crippen molar-refractivity contribution in [2.45, 2.75) is 38.5 Å². The fraction of sp³-hybridized carbons (Fsp3) is 0.364. The summed E-state index contributed by atoms with van der Waals surface area (Å²) in [6.07, 6.45) is 6.16. The first kappa shape index (κ1) is 16.2. The molecule has 2 unspecified atom stereocenters. The molecule has 0 bridgehead atoms. The van der Waals surface area contributed by atoms with Crippen molar-refractivity contribution >= 4 is 11.8 Å². The zero-order chi connectivity index (χ0) is 17.4. The number of fused-ring (bicyclic) bond motifs is 2. The number of methoxy groups -OCH3 is 1. The minimum atomic E-state index is -0.497. The second kappa shape index (κ2) is 6.23. The van der Waals surface area contributed by atoms with Gasteiger partial charge in [-0.2, -0.15) is 0 Å². The van der Waals surface area contributed by atoms with E-state index in [1.807, 2.05) is 0 Å². The SMILES string of the molecule is COC(CC(C)C)c1cccc2c1OC1(C=C2)Cc2ccccc2N1. The number of nitrogens with one attached hydrogen (secondary N) is 1. The Kier molecular flexibility index (Phi) is 4.04. The van der Waals surface area contributed by atoms with E-state index in [9.17, 15) is 0 Å². The van der Waals surface area contributed by atoms with E-state index in [2.05, 4.69) is 73.8 Å². The topological polar surface area (TPSA) is 30.5 Å². The van der Waals surface area contributed by atoms with Crippen LogP contribution in [0.4, 0.5) is 5.69 Å². The molecule has 2 aromatic carbocycles. The van der Waals surface area contributed by atoms with E-state index in [0.717, 1.165) is 35.4 Å². The molecule has 2 atom stereocenters. The molecule has 0 aromatic heterocycles. The van der Waals surface area contributed by atoms with Crippen molar-refractivity contribution in [3.8, 4) is 5.75 Å². The third-order valence-electron chi connectivity index (χ3n) is 5.03. The number of anilines is 1. The normalized spacial score (nSPS) is 21.6. The van der Waals surface area contributed by atoms with Crippen LogP contribution in [-0.2, 0) is 11.2 Å². The molecule has 0 radical (unpaired) electrons. The molecule has 130 valence electrons. The first-order valence-corrected chi connectivity index (χ1v) is 9.00. The number of hydrogen-bond donors (Lipinski definition) is 1. The molecule has 0 saturated carbocycles. The van der Waals surface area contributed by atoms with Crippen molar-refractivity contribution in [2.75, 3.05) is 12.4 Å². The highest BCUT2D eigenvalue weighted by Crippen LogP contribution is 2.43. The first-order valence-electron chi connectivity index (χ1n) is 9.00. The van der Waals surface area contributed by atoms with E-state index >= 15 is 0 Å². The zero-order valence-corrected chi connectivity index (χ0v) is 15.1. The van der Waals surface area contributed by atoms with Gasteiger partial charge in [-0.1, -0.05) is 50.2 Å². The Bertz CT molecular complexity index is 784. The van der Waals surface area contributed by atoms with Crippen LogP contribution in [0.25, 0.3) is 6.08 Å². The molecule has 0 amide bonds. The van der Waals surface area contributed by atoms with Gasteiger partial charge in [0.05, 0.1) is 6.10 Å². The highest BCUT2D eigenvalue weighted by atomic mass is 16.5. The Morgan fingerprint density at radius 2 is 2.00 bits per heavy atom. The van der Waals surface area contributed by atoms with Gasteiger partial charge in [0.1, 0.15) is 5.75 Å². The minimum Gasteiger partial charge on any atom is -0.463 e. The molecule has 2 aromatic rings. The molecule has 1 spiro atoms. The van der Waals surface area contributed by atoms with Gasteiger partial charge in [-0.25, -0.2) is 0 Å². The Hall–Kier alpha value is -2.26. The van der Waals surface area contributed by atoms with Crippen LogP contribution in [0.5, 0.6) is 5.75 Å². The van der Waals surface area contributed by atoms with E-state index in [-0.39, 0.29) is 6.10 Å². The largest absolute Gasteiger partial charge is 0.463 e. The molecule has 25 heavy (non-hydrogen) atoms. The summed E-state index contributed by atoms with van der Waals surface area (Å²) in [6.45, 7) is 4.44. The van der Waals surface area contributed by atoms with Gasteiger partial charge in [0.25, 0.3) is 0 Å². The average molecular weight is 335 g/mol. The smallest absolute Gasteiger partial charge is 0.204 e. The summed E-state index contributed by atoms with van der Waals surface area (Å²) in [5.74, 6) is 1.50. The standard InChI is InChI=1S/C22H25NO2/c1-15(2)13-20(24-3)18-9-6-8-16-11-12-22(25-21(16)18)14-17-7-4-5-10-19(17)23-22/h4-12,15,20,23H,13-14H2,1-3H3. The molecule has 0 fully saturated rings. The van der Waals surface area contributed by atoms with Crippen LogP contribution in [0.3, 0.4) is 0 Å². The first-order chi connectivity index (χ1) is 12.1. The van der Waals surface area contributed by atoms with Gasteiger partial charge < -0.3 is 14.8 Å². The van der Waals surface area contributed by atoms with Crippen molar-refractivity contribution in [1.29, 1.82) is 0 Å². The lowest BCUT2D eigenvalue weighted by Gasteiger charge is -2.34. The van der Waals surface area contributed by atoms with Crippen molar-refractivity contribution in [3.63, 3.8) is 0 Å².